The van der Waals surface area contributed by atoms with Gasteiger partial charge in [0.15, 0.2) is 0 Å². The molecule has 0 saturated carbocycles. The van der Waals surface area contributed by atoms with Crippen molar-refractivity contribution in [3.63, 3.8) is 0 Å². The van der Waals surface area contributed by atoms with Crippen LogP contribution in [0, 0.1) is 0 Å². The van der Waals surface area contributed by atoms with E-state index in [1.165, 1.54) is 23.2 Å². The molecule has 2 aliphatic rings. The molecule has 0 aliphatic carbocycles. The monoisotopic (exact) mass is 336 g/mol. The van der Waals surface area contributed by atoms with Crippen LogP contribution in [-0.4, -0.2) is 62.8 Å². The zero-order valence-electron chi connectivity index (χ0n) is 12.7. The van der Waals surface area contributed by atoms with Gasteiger partial charge in [-0.05, 0) is 18.6 Å². The van der Waals surface area contributed by atoms with Crippen molar-refractivity contribution >= 4 is 28.2 Å². The third-order valence-corrected chi connectivity index (χ3v) is 4.54. The number of fused-ring (bicyclic) bond motifs is 1. The fraction of sp³-hybridized carbons (Fsp3) is 0.364. The number of carbonyl (C=O) groups is 2. The quantitative estimate of drug-likeness (QED) is 0.252. The van der Waals surface area contributed by atoms with Crippen molar-refractivity contribution in [3.8, 4) is 0 Å². The molecule has 0 aromatic carbocycles. The van der Waals surface area contributed by atoms with Gasteiger partial charge in [-0.3, -0.25) is 19.2 Å². The molecule has 1 aromatic rings. The third-order valence-electron chi connectivity index (χ3n) is 3.60. The second kappa shape index (κ2) is 6.13. The topological polar surface area (TPSA) is 124 Å². The summed E-state index contributed by atoms with van der Waals surface area (Å²) in [6.45, 7) is 0.263. The van der Waals surface area contributed by atoms with Crippen LogP contribution in [0.5, 0.6) is 0 Å². The smallest absolute Gasteiger partial charge is 1.00 e. The molecule has 2 saturated heterocycles. The van der Waals surface area contributed by atoms with E-state index in [0.29, 0.717) is 16.4 Å². The summed E-state index contributed by atoms with van der Waals surface area (Å²) in [6, 6.07) is 0.188. The molecule has 0 spiro atoms. The normalized spacial score (nSPS) is 24.1. The first kappa shape index (κ1) is 17.2. The molecule has 114 valence electrons. The Hall–Kier alpha value is -1.20. The van der Waals surface area contributed by atoms with Crippen molar-refractivity contribution in [2.75, 3.05) is 6.54 Å². The van der Waals surface area contributed by atoms with Gasteiger partial charge >= 0.3 is 39.9 Å². The summed E-state index contributed by atoms with van der Waals surface area (Å²) in [4.78, 5) is 25.2. The molecule has 2 N–H and O–H groups in total. The number of nitrogens with zero attached hydrogens (tertiary/aromatic N) is 3. The van der Waals surface area contributed by atoms with Gasteiger partial charge in [0, 0.05) is 18.8 Å². The van der Waals surface area contributed by atoms with Crippen molar-refractivity contribution in [2.45, 2.75) is 18.5 Å². The Bertz CT molecular complexity index is 723. The molecule has 2 amide bonds. The molecule has 0 unspecified atom stereocenters. The van der Waals surface area contributed by atoms with Crippen molar-refractivity contribution in [2.24, 2.45) is 0 Å². The second-order valence-electron chi connectivity index (χ2n) is 4.79. The Morgan fingerprint density at radius 2 is 2.27 bits per heavy atom. The zero-order valence-corrected chi connectivity index (χ0v) is 14.5. The average Bonchev–Trinajstić information content (AvgIpc) is 3.00. The van der Waals surface area contributed by atoms with E-state index in [4.69, 9.17) is 4.55 Å². The Balaban J connectivity index is 0.00000132. The van der Waals surface area contributed by atoms with Crippen LogP contribution in [0.15, 0.2) is 18.3 Å². The van der Waals surface area contributed by atoms with Gasteiger partial charge in [0.2, 0.25) is 5.91 Å². The molecule has 3 heterocycles. The summed E-state index contributed by atoms with van der Waals surface area (Å²) in [6.07, 6.45) is 4.67. The fourth-order valence-corrected chi connectivity index (χ4v) is 3.58. The number of carbonyl (C=O) groups excluding carboxylic acids is 2. The van der Waals surface area contributed by atoms with Crippen LogP contribution in [0.25, 0.3) is 6.08 Å². The molecule has 2 aliphatic heterocycles. The van der Waals surface area contributed by atoms with Crippen molar-refractivity contribution in [1.29, 1.82) is 0 Å². The molecular weight excluding hydrogens is 323 g/mol. The number of likely N-dealkylation sites (tertiary alicyclic amines) is 1. The number of amides is 2. The summed E-state index contributed by atoms with van der Waals surface area (Å²) in [5.41, 5.74) is 0.638. The summed E-state index contributed by atoms with van der Waals surface area (Å²) in [5.74, 6) is -1.16. The molecule has 22 heavy (non-hydrogen) atoms. The van der Waals surface area contributed by atoms with E-state index in [1.807, 2.05) is 0 Å². The van der Waals surface area contributed by atoms with Crippen LogP contribution in [0.1, 0.15) is 13.5 Å². The molecule has 2 fully saturated rings. The second-order valence-corrected chi connectivity index (χ2v) is 6.08. The zero-order chi connectivity index (χ0) is 15.2. The molecule has 11 heteroatoms. The molecule has 3 rings (SSSR count). The summed E-state index contributed by atoms with van der Waals surface area (Å²) < 4.78 is 31.5. The molecule has 1 aromatic heterocycles. The van der Waals surface area contributed by atoms with E-state index < -0.39 is 28.3 Å². The fourth-order valence-electron chi connectivity index (χ4n) is 2.68. The van der Waals surface area contributed by atoms with Gasteiger partial charge < -0.3 is 6.33 Å². The Morgan fingerprint density at radius 3 is 2.86 bits per heavy atom. The SMILES string of the molecule is O=C(/C=C/c1ccn[nH]1)N1CC[C@@H]2[C@H]1C(=O)N2S(=O)(=O)O.[H-].[Na+]. The van der Waals surface area contributed by atoms with Gasteiger partial charge in [0.25, 0.3) is 5.91 Å². The van der Waals surface area contributed by atoms with Gasteiger partial charge in [-0.1, -0.05) is 0 Å². The minimum absolute atomic E-state index is 0. The molecule has 2 atom stereocenters. The van der Waals surface area contributed by atoms with Crippen molar-refractivity contribution < 1.29 is 53.5 Å². The van der Waals surface area contributed by atoms with E-state index in [2.05, 4.69) is 10.2 Å². The number of aromatic amines is 1. The number of H-pyrrole nitrogens is 1. The van der Waals surface area contributed by atoms with Crippen LogP contribution in [0.3, 0.4) is 0 Å². The van der Waals surface area contributed by atoms with Crippen LogP contribution >= 0.6 is 0 Å². The van der Waals surface area contributed by atoms with Crippen LogP contribution in [0.2, 0.25) is 0 Å². The predicted octanol–water partition coefficient (Wildman–Crippen LogP) is -3.85. The largest absolute Gasteiger partial charge is 1.00 e. The standard InChI is InChI=1S/C11H12N4O5S.Na.H/c16-9(2-1-7-3-5-12-13-7)14-6-4-8-10(14)11(17)15(8)21(18,19)20;;/h1-3,5,8,10H,4,6H2,(H,12,13)(H,18,19,20);;/q;+1;-1/b2-1+;;/t8-,10+;;/m1../s1. The van der Waals surface area contributed by atoms with Crippen LogP contribution < -0.4 is 29.6 Å². The van der Waals surface area contributed by atoms with E-state index in [0.717, 1.165) is 0 Å². The minimum atomic E-state index is -4.55. The average molecular weight is 336 g/mol. The first-order valence-corrected chi connectivity index (χ1v) is 7.58. The Labute approximate surface area is 150 Å². The van der Waals surface area contributed by atoms with Crippen LogP contribution in [0.4, 0.5) is 0 Å². The van der Waals surface area contributed by atoms with Gasteiger partial charge in [-0.2, -0.15) is 13.5 Å². The number of rotatable bonds is 3. The summed E-state index contributed by atoms with van der Waals surface area (Å²) in [5, 5.41) is 6.39. The summed E-state index contributed by atoms with van der Waals surface area (Å²) in [7, 11) is -4.55. The Morgan fingerprint density at radius 1 is 1.55 bits per heavy atom. The first-order valence-electron chi connectivity index (χ1n) is 6.18. The van der Waals surface area contributed by atoms with Crippen molar-refractivity contribution in [3.05, 3.63) is 24.0 Å². The number of hydrogen-bond donors (Lipinski definition) is 2. The minimum Gasteiger partial charge on any atom is -1.00 e. The predicted molar refractivity (Wildman–Crippen MR) is 71.0 cm³/mol. The van der Waals surface area contributed by atoms with E-state index in [-0.39, 0.29) is 43.4 Å². The molecular formula is C11H13N4NaO5S. The van der Waals surface area contributed by atoms with Gasteiger partial charge in [0.05, 0.1) is 11.7 Å². The first-order chi connectivity index (χ1) is 9.89. The van der Waals surface area contributed by atoms with E-state index in [1.54, 1.807) is 6.07 Å². The van der Waals surface area contributed by atoms with Gasteiger partial charge in [-0.15, -0.1) is 0 Å². The van der Waals surface area contributed by atoms with Gasteiger partial charge in [-0.25, -0.2) is 4.31 Å². The van der Waals surface area contributed by atoms with E-state index in [9.17, 15) is 18.0 Å². The van der Waals surface area contributed by atoms with E-state index >= 15 is 0 Å². The third kappa shape index (κ3) is 2.84. The van der Waals surface area contributed by atoms with Crippen molar-refractivity contribution in [1.82, 2.24) is 19.4 Å². The number of nitrogens with one attached hydrogen (secondary N) is 1. The molecule has 9 nitrogen and oxygen atoms in total. The maximum Gasteiger partial charge on any atom is 1.00 e. The number of hydrogen-bond acceptors (Lipinski definition) is 5. The van der Waals surface area contributed by atoms with Crippen LogP contribution in [-0.2, 0) is 19.9 Å². The number of β-lactam (4-membered cyclic amide) rings is 1. The molecule has 0 radical (unpaired) electrons. The maximum atomic E-state index is 12.1. The Kier molecular flexibility index (Phi) is 4.78. The van der Waals surface area contributed by atoms with Gasteiger partial charge in [0.1, 0.15) is 6.04 Å². The number of aromatic nitrogens is 2. The molecule has 0 bridgehead atoms. The summed E-state index contributed by atoms with van der Waals surface area (Å²) >= 11 is 0. The maximum absolute atomic E-state index is 12.1.